The van der Waals surface area contributed by atoms with E-state index < -0.39 is 144 Å². The van der Waals surface area contributed by atoms with Crippen molar-refractivity contribution in [2.45, 2.75) is 185 Å². The topological polar surface area (TPSA) is 494 Å². The third kappa shape index (κ3) is 29.9. The van der Waals surface area contributed by atoms with E-state index in [2.05, 4.69) is 87.9 Å². The second kappa shape index (κ2) is 45.3. The molecule has 7 rings (SSSR count). The standard InChI is InChI=1S/C74H106N20O14.Cu/c1-5-6-19-54(68(76)102)88-72(106)56(37-48-16-8-7-9-17-48)89-73(107)58(39-51-42-77-45-83-51)87-64(98)43-82-74(108)67(46(2)3)91-69(103)47(4)84-71(105)57(38-49-41-81-53-20-11-10-18-52(49)53)90-70(104)55(24-25-59(75)95)86-62(96)27-30-80-63(97)40-50(23-26-66(100)101)85-65(99)44-92-31-33-93(60-21-12-14-28-78-60)35-36-94(34-32-92)61-22-13-15-29-79-61;/h10-15,18,20-22,28-29,41-42,45-48,50,54-58,67,81H,5-9,16-17,19,23-27,30-40,43-44H2,1-4H3,(H2,75,95)(H2,76,102)(H,77,83)(H,80,97)(H,82,108)(H,84,105)(H,85,99)(H,86,96)(H,87,98)(H,88,106)(H,89,107)(H,90,104)(H,91,103)(H,100,101);/t47-,50?,54-,55-,56-,57-,58?,67-;/m0./s1/i;1+0. The number of hydrogen-bond donors (Lipinski definition) is 15. The molecule has 0 bridgehead atoms. The Labute approximate surface area is 644 Å². The molecule has 8 atom stereocenters. The van der Waals surface area contributed by atoms with Gasteiger partial charge in [0.25, 0.3) is 0 Å². The van der Waals surface area contributed by atoms with Gasteiger partial charge in [-0.1, -0.05) is 96.0 Å². The van der Waals surface area contributed by atoms with Crippen LogP contribution in [0, 0.1) is 11.8 Å². The third-order valence-corrected chi connectivity index (χ3v) is 19.1. The summed E-state index contributed by atoms with van der Waals surface area (Å²) in [5.74, 6) is -8.98. The number of anilines is 2. The van der Waals surface area contributed by atoms with Gasteiger partial charge in [-0.3, -0.25) is 67.2 Å². The number of nitrogens with one attached hydrogen (secondary N) is 12. The van der Waals surface area contributed by atoms with Crippen molar-refractivity contribution in [2.24, 2.45) is 23.3 Å². The number of aromatic amines is 2. The van der Waals surface area contributed by atoms with Crippen LogP contribution in [0.15, 0.2) is 91.8 Å². The van der Waals surface area contributed by atoms with Crippen molar-refractivity contribution in [3.8, 4) is 0 Å². The maximum Gasteiger partial charge on any atom is 0.303 e. The summed E-state index contributed by atoms with van der Waals surface area (Å²) in [4.78, 5) is 201. The van der Waals surface area contributed by atoms with Crippen molar-refractivity contribution >= 4 is 99.4 Å². The zero-order valence-electron chi connectivity index (χ0n) is 62.2. The van der Waals surface area contributed by atoms with Crippen molar-refractivity contribution in [1.29, 1.82) is 0 Å². The number of nitrogens with zero attached hydrogens (tertiary/aromatic N) is 6. The Hall–Kier alpha value is -10.5. The van der Waals surface area contributed by atoms with Crippen LogP contribution in [-0.4, -0.2) is 219 Å². The number of carbonyl (C=O) groups is 13. The number of nitrogens with two attached hydrogens (primary N) is 2. The van der Waals surface area contributed by atoms with Crippen molar-refractivity contribution in [1.82, 2.24) is 83.0 Å². The number of rotatable bonds is 42. The minimum Gasteiger partial charge on any atom is -0.481 e. The summed E-state index contributed by atoms with van der Waals surface area (Å²) >= 11 is 0. The quantitative estimate of drug-likeness (QED) is 0.0231. The fraction of sp³-hybridized carbons (Fsp3) is 0.541. The van der Waals surface area contributed by atoms with Crippen LogP contribution >= 0.6 is 0 Å². The van der Waals surface area contributed by atoms with Gasteiger partial charge in [-0.25, -0.2) is 15.0 Å². The number of fused-ring (bicyclic) bond motifs is 1. The minimum absolute atomic E-state index is 0. The van der Waals surface area contributed by atoms with Crippen molar-refractivity contribution in [3.63, 3.8) is 0 Å². The van der Waals surface area contributed by atoms with E-state index in [1.807, 2.05) is 48.2 Å². The molecule has 4 aromatic heterocycles. The van der Waals surface area contributed by atoms with E-state index in [-0.39, 0.29) is 87.4 Å². The molecular formula is C74H106CuN20O14. The fourth-order valence-corrected chi connectivity index (χ4v) is 13.0. The average molecular weight is 1560 g/mol. The number of benzene rings is 1. The smallest absolute Gasteiger partial charge is 0.303 e. The van der Waals surface area contributed by atoms with Crippen LogP contribution in [0.3, 0.4) is 0 Å². The van der Waals surface area contributed by atoms with Crippen LogP contribution in [0.4, 0.5) is 11.6 Å². The number of imidazole rings is 1. The number of aromatic nitrogens is 5. The van der Waals surface area contributed by atoms with E-state index in [4.69, 9.17) is 11.5 Å². The Morgan fingerprint density at radius 1 is 0.578 bits per heavy atom. The zero-order valence-corrected chi connectivity index (χ0v) is 63.2. The number of carboxylic acids is 1. The first-order chi connectivity index (χ1) is 51.8. The summed E-state index contributed by atoms with van der Waals surface area (Å²) in [7, 11) is 0. The van der Waals surface area contributed by atoms with E-state index in [9.17, 15) is 67.4 Å². The molecule has 5 aromatic rings. The summed E-state index contributed by atoms with van der Waals surface area (Å²) in [6, 6.07) is 8.59. The van der Waals surface area contributed by atoms with Gasteiger partial charge in [0.05, 0.1) is 19.4 Å². The van der Waals surface area contributed by atoms with Gasteiger partial charge >= 0.3 is 5.97 Å². The van der Waals surface area contributed by atoms with Gasteiger partial charge in [-0.05, 0) is 80.3 Å². The average Bonchev–Trinajstić information content (AvgIpc) is 1.68. The third-order valence-electron chi connectivity index (χ3n) is 19.1. The molecule has 597 valence electrons. The molecule has 5 heterocycles. The molecule has 1 aliphatic heterocycles. The molecule has 17 N–H and O–H groups in total. The molecule has 2 unspecified atom stereocenters. The molecule has 1 saturated heterocycles. The maximum absolute atomic E-state index is 14.5. The number of carbonyl (C=O) groups excluding carboxylic acids is 12. The summed E-state index contributed by atoms with van der Waals surface area (Å²) in [5, 5.41) is 37.0. The van der Waals surface area contributed by atoms with Crippen LogP contribution in [0.1, 0.15) is 135 Å². The molecule has 1 radical (unpaired) electrons. The largest absolute Gasteiger partial charge is 0.481 e. The monoisotopic (exact) mass is 1560 g/mol. The molecule has 0 spiro atoms. The predicted molar refractivity (Wildman–Crippen MR) is 400 cm³/mol. The van der Waals surface area contributed by atoms with E-state index in [1.165, 1.54) is 19.4 Å². The molecule has 1 aliphatic carbocycles. The number of primary amides is 2. The van der Waals surface area contributed by atoms with Crippen molar-refractivity contribution in [2.75, 3.05) is 68.7 Å². The normalized spacial score (nSPS) is 15.7. The Kier molecular flexibility index (Phi) is 36.3. The van der Waals surface area contributed by atoms with Gasteiger partial charge in [0.2, 0.25) is 70.9 Å². The molecule has 1 saturated carbocycles. The number of amides is 12. The Morgan fingerprint density at radius 2 is 1.18 bits per heavy atom. The number of hydrogen-bond acceptors (Lipinski definition) is 19. The Morgan fingerprint density at radius 3 is 1.80 bits per heavy atom. The molecule has 35 heteroatoms. The first kappa shape index (κ1) is 87.4. The molecule has 2 fully saturated rings. The van der Waals surface area contributed by atoms with Gasteiger partial charge in [0.1, 0.15) is 53.9 Å². The molecule has 12 amide bonds. The molecule has 1 aromatic carbocycles. The minimum atomic E-state index is -1.48. The summed E-state index contributed by atoms with van der Waals surface area (Å²) in [6.07, 6.45) is 12.3. The zero-order chi connectivity index (χ0) is 78.1. The predicted octanol–water partition coefficient (Wildman–Crippen LogP) is 0.136. The van der Waals surface area contributed by atoms with E-state index in [0.29, 0.717) is 74.3 Å². The fourth-order valence-electron chi connectivity index (χ4n) is 13.0. The molecule has 2 aliphatic rings. The van der Waals surface area contributed by atoms with Crippen LogP contribution in [0.5, 0.6) is 0 Å². The Bertz CT molecular complexity index is 3760. The van der Waals surface area contributed by atoms with Crippen molar-refractivity contribution < 1.29 is 84.5 Å². The van der Waals surface area contributed by atoms with E-state index in [0.717, 1.165) is 50.2 Å². The Balaban J connectivity index is 0.0000186. The van der Waals surface area contributed by atoms with Crippen molar-refractivity contribution in [3.05, 3.63) is 103 Å². The number of carboxylic acid groups (broad SMARTS) is 1. The SMILES string of the molecule is CCCC[C@H](NC(=O)[C@H](CC1CCCCC1)NC(=O)C(Cc1cnc[nH]1)NC(=O)CNC(=O)[C@@H](NC(=O)[C@H](C)NC(=O)[C@H](Cc1c[nH]c2ccccc12)NC(=O)[C@H](CCC(N)=O)NC(=O)CCNC(=O)CC(CCC(=O)O)NC(=O)CN1CCN(c2ccccn2)CCN(c2ccccn2)CC1)C(C)C)C(N)=O.[64Cu]. The molecule has 34 nitrogen and oxygen atoms in total. The number of unbranched alkanes of at least 4 members (excludes halogenated alkanes) is 1. The van der Waals surface area contributed by atoms with Gasteiger partial charge in [0.15, 0.2) is 0 Å². The van der Waals surface area contributed by atoms with Crippen LogP contribution in [0.25, 0.3) is 10.9 Å². The van der Waals surface area contributed by atoms with Crippen LogP contribution in [0.2, 0.25) is 0 Å². The second-order valence-corrected chi connectivity index (χ2v) is 27.9. The summed E-state index contributed by atoms with van der Waals surface area (Å²) in [5.41, 5.74) is 12.9. The molecular weight excluding hydrogens is 1460 g/mol. The van der Waals surface area contributed by atoms with Gasteiger partial charge < -0.3 is 89.5 Å². The number of para-hydroxylation sites is 1. The van der Waals surface area contributed by atoms with Gasteiger partial charge in [-0.15, -0.1) is 0 Å². The first-order valence-corrected chi connectivity index (χ1v) is 37.1. The second-order valence-electron chi connectivity index (χ2n) is 27.9. The van der Waals surface area contributed by atoms with Crippen LogP contribution in [-0.2, 0) is 92.2 Å². The van der Waals surface area contributed by atoms with E-state index in [1.54, 1.807) is 56.7 Å². The maximum atomic E-state index is 14.5. The summed E-state index contributed by atoms with van der Waals surface area (Å²) in [6.45, 7) is 8.84. The van der Waals surface area contributed by atoms with Crippen LogP contribution < -0.4 is 74.4 Å². The van der Waals surface area contributed by atoms with Gasteiger partial charge in [-0.2, -0.15) is 0 Å². The van der Waals surface area contributed by atoms with E-state index >= 15 is 0 Å². The number of H-pyrrole nitrogens is 2. The summed E-state index contributed by atoms with van der Waals surface area (Å²) < 4.78 is 0. The molecule has 109 heavy (non-hydrogen) atoms. The first-order valence-electron chi connectivity index (χ1n) is 37.1. The number of aliphatic carboxylic acids is 1. The number of pyridine rings is 2. The van der Waals surface area contributed by atoms with Gasteiger partial charge in [0, 0.05) is 149 Å².